The van der Waals surface area contributed by atoms with Gasteiger partial charge in [0, 0.05) is 34.9 Å². The maximum atomic E-state index is 14.1. The van der Waals surface area contributed by atoms with Gasteiger partial charge in [0.15, 0.2) is 17.2 Å². The van der Waals surface area contributed by atoms with Crippen LogP contribution in [0.2, 0.25) is 5.02 Å². The number of rotatable bonds is 8. The number of halogens is 2. The summed E-state index contributed by atoms with van der Waals surface area (Å²) in [6, 6.07) is 11.3. The van der Waals surface area contributed by atoms with Crippen LogP contribution in [0.4, 0.5) is 4.39 Å². The molecule has 0 saturated heterocycles. The Morgan fingerprint density at radius 1 is 1.14 bits per heavy atom. The summed E-state index contributed by atoms with van der Waals surface area (Å²) in [7, 11) is 3.19. The fraction of sp³-hybridized carbons (Fsp3) is 0.259. The zero-order valence-electron chi connectivity index (χ0n) is 20.9. The number of nitrogens with one attached hydrogen (secondary N) is 2. The molecule has 0 atom stereocenters. The van der Waals surface area contributed by atoms with Gasteiger partial charge in [0.05, 0.1) is 12.5 Å². The number of fused-ring (bicyclic) bond motifs is 1. The second kappa shape index (κ2) is 11.1. The van der Waals surface area contributed by atoms with Gasteiger partial charge in [0.1, 0.15) is 12.4 Å². The van der Waals surface area contributed by atoms with Crippen molar-refractivity contribution in [2.45, 2.75) is 33.0 Å². The van der Waals surface area contributed by atoms with Crippen LogP contribution in [0.5, 0.6) is 5.75 Å². The van der Waals surface area contributed by atoms with Gasteiger partial charge in [-0.3, -0.25) is 14.2 Å². The monoisotopic (exact) mass is 523 g/mol. The Hall–Kier alpha value is -3.82. The van der Waals surface area contributed by atoms with Gasteiger partial charge in [-0.2, -0.15) is 0 Å². The van der Waals surface area contributed by atoms with E-state index in [9.17, 15) is 14.0 Å². The molecule has 2 N–H and O–H groups in total. The van der Waals surface area contributed by atoms with Crippen LogP contribution >= 0.6 is 11.6 Å². The average molecular weight is 524 g/mol. The Bertz CT molecular complexity index is 1540. The van der Waals surface area contributed by atoms with E-state index in [-0.39, 0.29) is 41.1 Å². The van der Waals surface area contributed by atoms with Crippen molar-refractivity contribution in [1.82, 2.24) is 25.2 Å². The molecule has 0 radical (unpaired) electrons. The van der Waals surface area contributed by atoms with Crippen LogP contribution in [0.25, 0.3) is 33.5 Å². The lowest BCUT2D eigenvalue weighted by Gasteiger charge is -2.16. The number of aromatic nitrogens is 3. The van der Waals surface area contributed by atoms with Crippen molar-refractivity contribution in [3.05, 3.63) is 75.4 Å². The molecule has 0 spiro atoms. The molecular formula is C27H27ClFN5O3. The molecule has 0 aliphatic carbocycles. The Morgan fingerprint density at radius 2 is 1.92 bits per heavy atom. The van der Waals surface area contributed by atoms with E-state index >= 15 is 0 Å². The summed E-state index contributed by atoms with van der Waals surface area (Å²) < 4.78 is 20.4. The van der Waals surface area contributed by atoms with Crippen LogP contribution in [0.1, 0.15) is 19.4 Å². The SMILES string of the molecule is CNCc1cc(Cl)cc(-c2cnc3nc(-c4ccc(F)c(OC)c4)n(CC(=O)NC(C)C)c(=O)c3c2)c1. The summed E-state index contributed by atoms with van der Waals surface area (Å²) in [5.74, 6) is -0.745. The Kier molecular flexibility index (Phi) is 7.85. The molecule has 37 heavy (non-hydrogen) atoms. The molecule has 192 valence electrons. The highest BCUT2D eigenvalue weighted by molar-refractivity contribution is 6.31. The van der Waals surface area contributed by atoms with Gasteiger partial charge in [-0.25, -0.2) is 14.4 Å². The van der Waals surface area contributed by atoms with E-state index in [1.54, 1.807) is 18.3 Å². The predicted molar refractivity (Wildman–Crippen MR) is 142 cm³/mol. The summed E-state index contributed by atoms with van der Waals surface area (Å²) in [5, 5.41) is 6.68. The van der Waals surface area contributed by atoms with E-state index in [0.29, 0.717) is 22.7 Å². The van der Waals surface area contributed by atoms with Crippen LogP contribution in [-0.4, -0.2) is 40.6 Å². The molecule has 0 aliphatic rings. The first-order valence-corrected chi connectivity index (χ1v) is 12.1. The van der Waals surface area contributed by atoms with Crippen molar-refractivity contribution in [2.24, 2.45) is 0 Å². The molecule has 0 fully saturated rings. The minimum absolute atomic E-state index is 0.00772. The van der Waals surface area contributed by atoms with Crippen LogP contribution in [0.15, 0.2) is 53.5 Å². The van der Waals surface area contributed by atoms with Gasteiger partial charge < -0.3 is 15.4 Å². The molecule has 1 amide bonds. The van der Waals surface area contributed by atoms with Gasteiger partial charge in [-0.05, 0) is 74.5 Å². The second-order valence-electron chi connectivity index (χ2n) is 8.87. The molecule has 4 aromatic rings. The van der Waals surface area contributed by atoms with E-state index in [1.165, 1.54) is 29.9 Å². The molecule has 0 saturated carbocycles. The molecule has 4 rings (SSSR count). The largest absolute Gasteiger partial charge is 0.494 e. The third-order valence-corrected chi connectivity index (χ3v) is 5.86. The van der Waals surface area contributed by atoms with Crippen molar-refractivity contribution in [1.29, 1.82) is 0 Å². The zero-order chi connectivity index (χ0) is 26.7. The number of pyridine rings is 1. The van der Waals surface area contributed by atoms with Crippen LogP contribution in [0.3, 0.4) is 0 Å². The van der Waals surface area contributed by atoms with Crippen LogP contribution in [-0.2, 0) is 17.9 Å². The molecule has 2 aromatic carbocycles. The third kappa shape index (κ3) is 5.79. The van der Waals surface area contributed by atoms with Crippen LogP contribution in [0, 0.1) is 5.82 Å². The Labute approximate surface area is 218 Å². The lowest BCUT2D eigenvalue weighted by atomic mass is 10.0. The highest BCUT2D eigenvalue weighted by Crippen LogP contribution is 2.28. The number of ether oxygens (including phenoxy) is 1. The fourth-order valence-corrected chi connectivity index (χ4v) is 4.32. The number of methoxy groups -OCH3 is 1. The van der Waals surface area contributed by atoms with Gasteiger partial charge >= 0.3 is 0 Å². The Morgan fingerprint density at radius 3 is 2.62 bits per heavy atom. The van der Waals surface area contributed by atoms with E-state index in [0.717, 1.165) is 11.1 Å². The number of carbonyl (C=O) groups is 1. The fourth-order valence-electron chi connectivity index (χ4n) is 4.06. The number of amides is 1. The first-order valence-electron chi connectivity index (χ1n) is 11.7. The lowest BCUT2D eigenvalue weighted by Crippen LogP contribution is -2.37. The second-order valence-corrected chi connectivity index (χ2v) is 9.31. The minimum Gasteiger partial charge on any atom is -0.494 e. The normalized spacial score (nSPS) is 11.2. The quantitative estimate of drug-likeness (QED) is 0.360. The van der Waals surface area contributed by atoms with E-state index in [2.05, 4.69) is 20.6 Å². The highest BCUT2D eigenvalue weighted by Gasteiger charge is 2.19. The van der Waals surface area contributed by atoms with Gasteiger partial charge in [0.2, 0.25) is 5.91 Å². The van der Waals surface area contributed by atoms with Crippen molar-refractivity contribution in [3.8, 4) is 28.3 Å². The van der Waals surface area contributed by atoms with E-state index in [1.807, 2.05) is 33.0 Å². The first kappa shape index (κ1) is 26.2. The molecule has 2 aromatic heterocycles. The van der Waals surface area contributed by atoms with Crippen molar-refractivity contribution in [2.75, 3.05) is 14.2 Å². The predicted octanol–water partition coefficient (Wildman–Crippen LogP) is 4.17. The van der Waals surface area contributed by atoms with E-state index in [4.69, 9.17) is 16.3 Å². The standard InChI is InChI=1S/C27H27ClFN5O3/c1-15(2)32-24(35)14-34-26(17-5-6-22(29)23(11-17)37-4)33-25-21(27(34)36)10-19(13-31-25)18-7-16(12-30-3)8-20(28)9-18/h5-11,13,15,30H,12,14H2,1-4H3,(H,32,35). The third-order valence-electron chi connectivity index (χ3n) is 5.64. The number of hydrogen-bond acceptors (Lipinski definition) is 6. The first-order chi connectivity index (χ1) is 17.7. The smallest absolute Gasteiger partial charge is 0.263 e. The summed E-state index contributed by atoms with van der Waals surface area (Å²) in [6.45, 7) is 4.00. The average Bonchev–Trinajstić information content (AvgIpc) is 2.85. The maximum Gasteiger partial charge on any atom is 0.263 e. The number of nitrogens with zero attached hydrogens (tertiary/aromatic N) is 3. The molecule has 0 bridgehead atoms. The van der Waals surface area contributed by atoms with Gasteiger partial charge in [0.25, 0.3) is 5.56 Å². The number of carbonyl (C=O) groups excluding carboxylic acids is 1. The Balaban J connectivity index is 1.91. The van der Waals surface area contributed by atoms with Crippen molar-refractivity contribution >= 4 is 28.5 Å². The zero-order valence-corrected chi connectivity index (χ0v) is 21.7. The van der Waals surface area contributed by atoms with E-state index < -0.39 is 11.4 Å². The van der Waals surface area contributed by atoms with Crippen molar-refractivity contribution in [3.63, 3.8) is 0 Å². The highest BCUT2D eigenvalue weighted by atomic mass is 35.5. The number of hydrogen-bond donors (Lipinski definition) is 2. The molecule has 8 nitrogen and oxygen atoms in total. The lowest BCUT2D eigenvalue weighted by molar-refractivity contribution is -0.122. The van der Waals surface area contributed by atoms with Crippen LogP contribution < -0.4 is 20.9 Å². The van der Waals surface area contributed by atoms with Gasteiger partial charge in [-0.1, -0.05) is 11.6 Å². The summed E-state index contributed by atoms with van der Waals surface area (Å²) in [5.41, 5.74) is 2.61. The maximum absolute atomic E-state index is 14.1. The molecule has 2 heterocycles. The summed E-state index contributed by atoms with van der Waals surface area (Å²) in [4.78, 5) is 35.5. The minimum atomic E-state index is -0.555. The van der Waals surface area contributed by atoms with Gasteiger partial charge in [-0.15, -0.1) is 0 Å². The number of benzene rings is 2. The summed E-state index contributed by atoms with van der Waals surface area (Å²) in [6.07, 6.45) is 1.62. The summed E-state index contributed by atoms with van der Waals surface area (Å²) >= 11 is 6.33. The molecule has 10 heteroatoms. The topological polar surface area (TPSA) is 98.1 Å². The van der Waals surface area contributed by atoms with Crippen molar-refractivity contribution < 1.29 is 13.9 Å². The molecule has 0 unspecified atom stereocenters. The molecular weight excluding hydrogens is 497 g/mol. The molecule has 0 aliphatic heterocycles.